The van der Waals surface area contributed by atoms with Crippen LogP contribution in [0, 0.1) is 0 Å². The van der Waals surface area contributed by atoms with Crippen molar-refractivity contribution in [3.8, 4) is 11.1 Å². The highest BCUT2D eigenvalue weighted by Crippen LogP contribution is 2.47. The van der Waals surface area contributed by atoms with Crippen molar-refractivity contribution >= 4 is 15.7 Å². The van der Waals surface area contributed by atoms with E-state index in [1.165, 1.54) is 16.0 Å². The molecule has 21 heavy (non-hydrogen) atoms. The summed E-state index contributed by atoms with van der Waals surface area (Å²) in [4.78, 5) is 1.39. The minimum Gasteiger partial charge on any atom is -0.398 e. The van der Waals surface area contributed by atoms with Crippen molar-refractivity contribution < 1.29 is 0 Å². The molecule has 0 atom stereocenters. The third-order valence-corrected chi connectivity index (χ3v) is 5.46. The monoisotopic (exact) mass is 301 g/mol. The normalized spacial score (nSPS) is 13.2. The van der Waals surface area contributed by atoms with E-state index in [4.69, 9.17) is 5.73 Å². The molecule has 114 valence electrons. The Hall–Kier alpha value is -1.41. The molecule has 0 fully saturated rings. The molecule has 2 aromatic rings. The van der Waals surface area contributed by atoms with Crippen LogP contribution in [0.2, 0.25) is 0 Å². The summed E-state index contributed by atoms with van der Waals surface area (Å²) in [5.74, 6) is 0. The number of anilines is 1. The van der Waals surface area contributed by atoms with Crippen molar-refractivity contribution in [3.05, 3.63) is 48.0 Å². The summed E-state index contributed by atoms with van der Waals surface area (Å²) >= 11 is 0. The Morgan fingerprint density at radius 3 is 1.90 bits per heavy atom. The Kier molecular flexibility index (Phi) is 4.12. The van der Waals surface area contributed by atoms with Crippen LogP contribution >= 0.6 is 10.0 Å². The van der Waals surface area contributed by atoms with E-state index in [0.717, 1.165) is 11.3 Å². The van der Waals surface area contributed by atoms with Gasteiger partial charge in [0.2, 0.25) is 0 Å². The molecule has 2 aromatic carbocycles. The largest absolute Gasteiger partial charge is 0.398 e. The highest BCUT2D eigenvalue weighted by Gasteiger charge is 2.15. The van der Waals surface area contributed by atoms with Crippen LogP contribution in [-0.2, 0) is 5.41 Å². The molecular weight excluding hydrogens is 274 g/mol. The number of hydrogen-bond acceptors (Lipinski definition) is 1. The van der Waals surface area contributed by atoms with Gasteiger partial charge in [0.1, 0.15) is 0 Å². The Balaban J connectivity index is 2.47. The maximum absolute atomic E-state index is 6.20. The third-order valence-electron chi connectivity index (χ3n) is 3.79. The van der Waals surface area contributed by atoms with Gasteiger partial charge in [0.05, 0.1) is 0 Å². The van der Waals surface area contributed by atoms with Gasteiger partial charge in [0.25, 0.3) is 0 Å². The summed E-state index contributed by atoms with van der Waals surface area (Å²) in [5.41, 5.74) is 10.9. The highest BCUT2D eigenvalue weighted by molar-refractivity contribution is 8.32. The fraction of sp³-hybridized carbons (Fsp3) is 0.368. The van der Waals surface area contributed by atoms with Crippen LogP contribution < -0.4 is 5.73 Å². The van der Waals surface area contributed by atoms with Crippen molar-refractivity contribution in [1.82, 2.24) is 0 Å². The molecule has 0 aliphatic carbocycles. The fourth-order valence-electron chi connectivity index (χ4n) is 2.32. The van der Waals surface area contributed by atoms with Crippen molar-refractivity contribution in [2.45, 2.75) is 31.1 Å². The number of hydrogen-bond donors (Lipinski definition) is 1. The topological polar surface area (TPSA) is 26.0 Å². The Labute approximate surface area is 130 Å². The summed E-state index contributed by atoms with van der Waals surface area (Å²) in [6.45, 7) is 6.71. The minimum atomic E-state index is -0.737. The zero-order valence-electron chi connectivity index (χ0n) is 14.0. The number of nitrogen functional groups attached to an aromatic ring is 1. The third kappa shape index (κ3) is 3.62. The number of nitrogens with two attached hydrogens (primary N) is 1. The first-order valence-electron chi connectivity index (χ1n) is 7.28. The van der Waals surface area contributed by atoms with Crippen molar-refractivity contribution in [3.63, 3.8) is 0 Å². The molecule has 0 unspecified atom stereocenters. The van der Waals surface area contributed by atoms with Gasteiger partial charge in [-0.05, 0) is 58.4 Å². The second kappa shape index (κ2) is 5.42. The van der Waals surface area contributed by atoms with Gasteiger partial charge in [0, 0.05) is 11.3 Å². The first-order chi connectivity index (χ1) is 9.59. The Morgan fingerprint density at radius 2 is 1.43 bits per heavy atom. The standard InChI is InChI=1S/C19H27NS/c1-19(2,3)15-9-7-14(8-10-15)17-13-16(21(4,5)6)11-12-18(17)20/h7-13H,20H2,1-6H3. The minimum absolute atomic E-state index is 0.182. The second-order valence-corrected chi connectivity index (χ2v) is 11.6. The predicted molar refractivity (Wildman–Crippen MR) is 98.6 cm³/mol. The summed E-state index contributed by atoms with van der Waals surface area (Å²) in [7, 11) is -0.737. The molecule has 2 rings (SSSR count). The summed E-state index contributed by atoms with van der Waals surface area (Å²) in [5, 5.41) is 0. The molecular formula is C19H27NS. The molecule has 0 saturated heterocycles. The summed E-state index contributed by atoms with van der Waals surface area (Å²) in [6, 6.07) is 15.3. The lowest BCUT2D eigenvalue weighted by Crippen LogP contribution is -2.10. The van der Waals surface area contributed by atoms with E-state index in [9.17, 15) is 0 Å². The molecule has 0 spiro atoms. The molecule has 0 aliphatic rings. The molecule has 0 radical (unpaired) electrons. The average Bonchev–Trinajstić information content (AvgIpc) is 2.37. The van der Waals surface area contributed by atoms with Crippen molar-refractivity contribution in [1.29, 1.82) is 0 Å². The van der Waals surface area contributed by atoms with Crippen LogP contribution in [0.25, 0.3) is 11.1 Å². The summed E-state index contributed by atoms with van der Waals surface area (Å²) < 4.78 is 0. The van der Waals surface area contributed by atoms with Gasteiger partial charge in [-0.3, -0.25) is 0 Å². The van der Waals surface area contributed by atoms with Crippen LogP contribution in [0.1, 0.15) is 26.3 Å². The number of benzene rings is 2. The van der Waals surface area contributed by atoms with E-state index in [-0.39, 0.29) is 5.41 Å². The van der Waals surface area contributed by atoms with Gasteiger partial charge < -0.3 is 5.73 Å². The second-order valence-electron chi connectivity index (χ2n) is 7.41. The molecule has 0 amide bonds. The molecule has 0 heterocycles. The maximum Gasteiger partial charge on any atom is 0.0394 e. The molecule has 0 bridgehead atoms. The quantitative estimate of drug-likeness (QED) is 0.750. The van der Waals surface area contributed by atoms with Gasteiger partial charge in [-0.2, -0.15) is 0 Å². The number of rotatable bonds is 2. The SMILES string of the molecule is CC(C)(C)c1ccc(-c2cc(S(C)(C)C)ccc2N)cc1. The lowest BCUT2D eigenvalue weighted by Gasteiger charge is -2.27. The van der Waals surface area contributed by atoms with Crippen molar-refractivity contribution in [2.24, 2.45) is 0 Å². The van der Waals surface area contributed by atoms with Gasteiger partial charge in [0.15, 0.2) is 0 Å². The first kappa shape index (κ1) is 16.0. The van der Waals surface area contributed by atoms with Gasteiger partial charge in [-0.15, -0.1) is 0 Å². The van der Waals surface area contributed by atoms with E-state index >= 15 is 0 Å². The van der Waals surface area contributed by atoms with Gasteiger partial charge >= 0.3 is 0 Å². The van der Waals surface area contributed by atoms with Crippen LogP contribution in [0.3, 0.4) is 0 Å². The molecule has 0 aromatic heterocycles. The Bertz CT molecular complexity index is 628. The molecule has 0 saturated carbocycles. The van der Waals surface area contributed by atoms with Crippen LogP contribution in [0.4, 0.5) is 5.69 Å². The molecule has 1 nitrogen and oxygen atoms in total. The first-order valence-corrected chi connectivity index (χ1v) is 10.1. The lowest BCUT2D eigenvalue weighted by atomic mass is 9.86. The molecule has 2 N–H and O–H groups in total. The van der Waals surface area contributed by atoms with E-state index in [1.807, 2.05) is 6.07 Å². The van der Waals surface area contributed by atoms with E-state index in [2.05, 4.69) is 75.9 Å². The molecule has 0 aliphatic heterocycles. The zero-order chi connectivity index (χ0) is 15.8. The highest BCUT2D eigenvalue weighted by atomic mass is 32.3. The van der Waals surface area contributed by atoms with Gasteiger partial charge in [-0.25, -0.2) is 10.0 Å². The van der Waals surface area contributed by atoms with Crippen LogP contribution in [-0.4, -0.2) is 18.8 Å². The van der Waals surface area contributed by atoms with E-state index in [1.54, 1.807) is 0 Å². The van der Waals surface area contributed by atoms with E-state index in [0.29, 0.717) is 0 Å². The smallest absolute Gasteiger partial charge is 0.0394 e. The zero-order valence-corrected chi connectivity index (χ0v) is 14.8. The van der Waals surface area contributed by atoms with Crippen LogP contribution in [0.5, 0.6) is 0 Å². The van der Waals surface area contributed by atoms with Crippen molar-refractivity contribution in [2.75, 3.05) is 24.5 Å². The van der Waals surface area contributed by atoms with Crippen LogP contribution in [0.15, 0.2) is 47.4 Å². The molecule has 2 heteroatoms. The lowest BCUT2D eigenvalue weighted by molar-refractivity contribution is 0.590. The average molecular weight is 301 g/mol. The maximum atomic E-state index is 6.20. The van der Waals surface area contributed by atoms with Gasteiger partial charge in [-0.1, -0.05) is 45.0 Å². The Morgan fingerprint density at radius 1 is 0.857 bits per heavy atom. The fourth-order valence-corrected chi connectivity index (χ4v) is 3.26. The summed E-state index contributed by atoms with van der Waals surface area (Å²) in [6.07, 6.45) is 6.93. The predicted octanol–water partition coefficient (Wildman–Crippen LogP) is 5.29. The van der Waals surface area contributed by atoms with E-state index < -0.39 is 10.0 Å².